The zero-order valence-corrected chi connectivity index (χ0v) is 16.8. The first kappa shape index (κ1) is 19.9. The van der Waals surface area contributed by atoms with E-state index in [-0.39, 0.29) is 11.9 Å². The number of carbonyl (C=O) groups is 1. The number of carbonyl (C=O) groups excluding carboxylic acids is 1. The van der Waals surface area contributed by atoms with Crippen LogP contribution in [0.2, 0.25) is 0 Å². The second kappa shape index (κ2) is 7.66. The fourth-order valence-corrected chi connectivity index (χ4v) is 4.22. The molecular formula is C23H27NO4. The first-order chi connectivity index (χ1) is 13.3. The Hall–Kier alpha value is -2.82. The molecule has 2 unspecified atom stereocenters. The molecule has 1 fully saturated rings. The lowest BCUT2D eigenvalue weighted by Gasteiger charge is -2.39. The molecule has 0 amide bonds. The molecule has 1 aliphatic rings. The number of methoxy groups -OCH3 is 1. The van der Waals surface area contributed by atoms with Crippen molar-refractivity contribution in [1.82, 2.24) is 0 Å². The van der Waals surface area contributed by atoms with E-state index < -0.39 is 10.8 Å². The Labute approximate surface area is 166 Å². The van der Waals surface area contributed by atoms with Crippen LogP contribution in [0.15, 0.2) is 59.8 Å². The molecule has 28 heavy (non-hydrogen) atoms. The van der Waals surface area contributed by atoms with Gasteiger partial charge in [0, 0.05) is 5.92 Å². The molecule has 0 heterocycles. The van der Waals surface area contributed by atoms with Crippen molar-refractivity contribution >= 4 is 11.7 Å². The topological polar surface area (TPSA) is 68.1 Å². The monoisotopic (exact) mass is 381 g/mol. The van der Waals surface area contributed by atoms with Crippen LogP contribution >= 0.6 is 0 Å². The fraction of sp³-hybridized carbons (Fsp3) is 0.391. The van der Waals surface area contributed by atoms with E-state index in [9.17, 15) is 10.0 Å². The molecule has 5 nitrogen and oxygen atoms in total. The molecular weight excluding hydrogens is 354 g/mol. The van der Waals surface area contributed by atoms with Gasteiger partial charge in [0.15, 0.2) is 0 Å². The largest absolute Gasteiger partial charge is 0.469 e. The van der Waals surface area contributed by atoms with E-state index in [2.05, 4.69) is 5.16 Å². The van der Waals surface area contributed by atoms with Crippen LogP contribution in [0.4, 0.5) is 0 Å². The molecule has 2 aromatic carbocycles. The number of nitrogens with zero attached hydrogens (tertiary/aromatic N) is 1. The van der Waals surface area contributed by atoms with Gasteiger partial charge in [-0.3, -0.25) is 4.79 Å². The number of oxime groups is 1. The summed E-state index contributed by atoms with van der Waals surface area (Å²) < 4.78 is 10.9. The van der Waals surface area contributed by atoms with Crippen LogP contribution in [0.25, 0.3) is 0 Å². The standard InChI is InChI=1S/C23H27NO4/c1-22(2)19(14-15-23(22,3)21(25)27-4)20(24-26)16-10-12-18(13-11-16)28-17-8-6-5-7-9-17/h5-13,19,26H,14-15H2,1-4H3/b24-20+. The molecule has 148 valence electrons. The van der Waals surface area contributed by atoms with Crippen LogP contribution in [0.5, 0.6) is 11.5 Å². The highest BCUT2D eigenvalue weighted by molar-refractivity contribution is 6.03. The van der Waals surface area contributed by atoms with E-state index in [1.165, 1.54) is 7.11 Å². The Kier molecular flexibility index (Phi) is 5.45. The average molecular weight is 381 g/mol. The van der Waals surface area contributed by atoms with Crippen molar-refractivity contribution in [2.45, 2.75) is 33.6 Å². The third-order valence-corrected chi connectivity index (χ3v) is 6.43. The second-order valence-corrected chi connectivity index (χ2v) is 8.06. The van der Waals surface area contributed by atoms with E-state index >= 15 is 0 Å². The maximum atomic E-state index is 12.4. The number of hydrogen-bond acceptors (Lipinski definition) is 5. The van der Waals surface area contributed by atoms with Crippen molar-refractivity contribution in [3.8, 4) is 11.5 Å². The zero-order chi connectivity index (χ0) is 20.4. The molecule has 2 atom stereocenters. The van der Waals surface area contributed by atoms with Gasteiger partial charge in [0.1, 0.15) is 11.5 Å². The molecule has 0 radical (unpaired) electrons. The molecule has 0 spiro atoms. The van der Waals surface area contributed by atoms with Gasteiger partial charge in [-0.15, -0.1) is 0 Å². The SMILES string of the molecule is COC(=O)C1(C)CCC(/C(=N/O)c2ccc(Oc3ccccc3)cc2)C1(C)C. The van der Waals surface area contributed by atoms with E-state index in [4.69, 9.17) is 9.47 Å². The highest BCUT2D eigenvalue weighted by atomic mass is 16.5. The number of rotatable bonds is 5. The van der Waals surface area contributed by atoms with Crippen LogP contribution in [0.3, 0.4) is 0 Å². The molecule has 2 aromatic rings. The van der Waals surface area contributed by atoms with E-state index in [0.717, 1.165) is 17.7 Å². The maximum Gasteiger partial charge on any atom is 0.312 e. The summed E-state index contributed by atoms with van der Waals surface area (Å²) >= 11 is 0. The summed E-state index contributed by atoms with van der Waals surface area (Å²) in [6.07, 6.45) is 1.44. The molecule has 1 N–H and O–H groups in total. The highest BCUT2D eigenvalue weighted by Gasteiger charge is 2.58. The predicted molar refractivity (Wildman–Crippen MR) is 108 cm³/mol. The third-order valence-electron chi connectivity index (χ3n) is 6.43. The van der Waals surface area contributed by atoms with Gasteiger partial charge < -0.3 is 14.7 Å². The smallest absolute Gasteiger partial charge is 0.312 e. The Bertz CT molecular complexity index is 858. The van der Waals surface area contributed by atoms with Gasteiger partial charge in [-0.25, -0.2) is 0 Å². The lowest BCUT2D eigenvalue weighted by atomic mass is 9.64. The Morgan fingerprint density at radius 1 is 1.04 bits per heavy atom. The molecule has 1 aliphatic carbocycles. The van der Waals surface area contributed by atoms with Gasteiger partial charge in [-0.1, -0.05) is 37.2 Å². The van der Waals surface area contributed by atoms with Crippen molar-refractivity contribution in [3.05, 3.63) is 60.2 Å². The summed E-state index contributed by atoms with van der Waals surface area (Å²) in [6.45, 7) is 6.02. The van der Waals surface area contributed by atoms with Crippen LogP contribution in [-0.2, 0) is 9.53 Å². The molecule has 0 saturated heterocycles. The van der Waals surface area contributed by atoms with Gasteiger partial charge in [0.05, 0.1) is 18.2 Å². The number of benzene rings is 2. The van der Waals surface area contributed by atoms with Crippen molar-refractivity contribution in [1.29, 1.82) is 0 Å². The lowest BCUT2D eigenvalue weighted by molar-refractivity contribution is -0.157. The average Bonchev–Trinajstić information content (AvgIpc) is 2.94. The van der Waals surface area contributed by atoms with Crippen LogP contribution < -0.4 is 4.74 Å². The lowest BCUT2D eigenvalue weighted by Crippen LogP contribution is -2.43. The fourth-order valence-electron chi connectivity index (χ4n) is 4.22. The molecule has 1 saturated carbocycles. The summed E-state index contributed by atoms with van der Waals surface area (Å²) in [7, 11) is 1.42. The van der Waals surface area contributed by atoms with Crippen molar-refractivity contribution in [3.63, 3.8) is 0 Å². The molecule has 3 rings (SSSR count). The minimum Gasteiger partial charge on any atom is -0.469 e. The molecule has 0 bridgehead atoms. The Morgan fingerprint density at radius 3 is 2.21 bits per heavy atom. The number of ether oxygens (including phenoxy) is 2. The molecule has 0 aliphatic heterocycles. The second-order valence-electron chi connectivity index (χ2n) is 8.06. The highest BCUT2D eigenvalue weighted by Crippen LogP contribution is 2.57. The van der Waals surface area contributed by atoms with Crippen LogP contribution in [0.1, 0.15) is 39.2 Å². The van der Waals surface area contributed by atoms with Gasteiger partial charge in [0.25, 0.3) is 0 Å². The van der Waals surface area contributed by atoms with Crippen molar-refractivity contribution in [2.24, 2.45) is 21.9 Å². The summed E-state index contributed by atoms with van der Waals surface area (Å²) in [5.41, 5.74) is 0.360. The number of para-hydroxylation sites is 1. The summed E-state index contributed by atoms with van der Waals surface area (Å²) in [6, 6.07) is 17.0. The van der Waals surface area contributed by atoms with E-state index in [1.54, 1.807) is 0 Å². The first-order valence-electron chi connectivity index (χ1n) is 9.47. The molecule has 5 heteroatoms. The minimum absolute atomic E-state index is 0.0671. The summed E-state index contributed by atoms with van der Waals surface area (Å²) in [5, 5.41) is 13.4. The quantitative estimate of drug-likeness (QED) is 0.331. The first-order valence-corrected chi connectivity index (χ1v) is 9.47. The van der Waals surface area contributed by atoms with Crippen molar-refractivity contribution in [2.75, 3.05) is 7.11 Å². The van der Waals surface area contributed by atoms with Crippen LogP contribution in [0, 0.1) is 16.7 Å². The Balaban J connectivity index is 1.83. The minimum atomic E-state index is -0.626. The van der Waals surface area contributed by atoms with Gasteiger partial charge >= 0.3 is 5.97 Å². The Morgan fingerprint density at radius 2 is 1.64 bits per heavy atom. The number of hydrogen-bond donors (Lipinski definition) is 1. The van der Waals surface area contributed by atoms with Gasteiger partial charge in [-0.2, -0.15) is 0 Å². The maximum absolute atomic E-state index is 12.4. The van der Waals surface area contributed by atoms with Gasteiger partial charge in [-0.05, 0) is 67.1 Å². The number of esters is 1. The van der Waals surface area contributed by atoms with E-state index in [0.29, 0.717) is 17.9 Å². The molecule has 0 aromatic heterocycles. The van der Waals surface area contributed by atoms with Gasteiger partial charge in [0.2, 0.25) is 0 Å². The summed E-state index contributed by atoms with van der Waals surface area (Å²) in [4.78, 5) is 12.4. The zero-order valence-electron chi connectivity index (χ0n) is 16.8. The van der Waals surface area contributed by atoms with Crippen molar-refractivity contribution < 1.29 is 19.5 Å². The normalized spacial score (nSPS) is 24.0. The van der Waals surface area contributed by atoms with E-state index in [1.807, 2.05) is 75.4 Å². The summed E-state index contributed by atoms with van der Waals surface area (Å²) in [5.74, 6) is 1.18. The third kappa shape index (κ3) is 3.37. The van der Waals surface area contributed by atoms with Crippen LogP contribution in [-0.4, -0.2) is 24.0 Å². The predicted octanol–water partition coefficient (Wildman–Crippen LogP) is 5.27.